The number of benzene rings is 2. The Morgan fingerprint density at radius 2 is 1.94 bits per heavy atom. The van der Waals surface area contributed by atoms with Gasteiger partial charge in [0.25, 0.3) is 0 Å². The standard InChI is InChI=1S/C25H26FN7/c1-15-13-33(14-16(2)30-15)24(27)21-8-7-19(9-22(21)26)31-25-29-12-18-11-28-10-17-5-3-4-6-20(17)23(18)32-25/h3-10,12,15-16,27,30H,11,13-14H2,1-2H3,(H,29,31,32). The molecule has 0 saturated carbocycles. The molecule has 2 aromatic carbocycles. The number of hydrogen-bond acceptors (Lipinski definition) is 6. The Bertz CT molecular complexity index is 1230. The van der Waals surface area contributed by atoms with Gasteiger partial charge in [-0.3, -0.25) is 10.4 Å². The van der Waals surface area contributed by atoms with Gasteiger partial charge in [0, 0.05) is 60.0 Å². The van der Waals surface area contributed by atoms with Gasteiger partial charge < -0.3 is 15.5 Å². The molecule has 1 aromatic heterocycles. The van der Waals surface area contributed by atoms with Crippen LogP contribution in [0.25, 0.3) is 11.3 Å². The van der Waals surface area contributed by atoms with E-state index in [1.165, 1.54) is 6.07 Å². The van der Waals surface area contributed by atoms with Gasteiger partial charge in [-0.1, -0.05) is 24.3 Å². The van der Waals surface area contributed by atoms with Crippen LogP contribution in [0.3, 0.4) is 0 Å². The lowest BCUT2D eigenvalue weighted by Gasteiger charge is -2.37. The van der Waals surface area contributed by atoms with Gasteiger partial charge in [0.2, 0.25) is 5.95 Å². The Morgan fingerprint density at radius 1 is 1.15 bits per heavy atom. The van der Waals surface area contributed by atoms with E-state index in [-0.39, 0.29) is 23.5 Å². The van der Waals surface area contributed by atoms with E-state index >= 15 is 0 Å². The summed E-state index contributed by atoms with van der Waals surface area (Å²) < 4.78 is 15.0. The first-order valence-corrected chi connectivity index (χ1v) is 11.1. The lowest BCUT2D eigenvalue weighted by atomic mass is 10.0. The molecule has 3 heterocycles. The van der Waals surface area contributed by atoms with E-state index < -0.39 is 5.82 Å². The molecule has 8 heteroatoms. The topological polar surface area (TPSA) is 89.3 Å². The van der Waals surface area contributed by atoms with Crippen molar-refractivity contribution in [1.29, 1.82) is 5.41 Å². The zero-order valence-corrected chi connectivity index (χ0v) is 18.6. The van der Waals surface area contributed by atoms with Crippen molar-refractivity contribution < 1.29 is 4.39 Å². The zero-order chi connectivity index (χ0) is 22.9. The van der Waals surface area contributed by atoms with Crippen LogP contribution in [-0.4, -0.2) is 52.1 Å². The van der Waals surface area contributed by atoms with Crippen LogP contribution >= 0.6 is 0 Å². The number of anilines is 2. The number of hydrogen-bond donors (Lipinski definition) is 3. The van der Waals surface area contributed by atoms with Gasteiger partial charge in [-0.15, -0.1) is 0 Å². The summed E-state index contributed by atoms with van der Waals surface area (Å²) in [5.41, 5.74) is 4.58. The van der Waals surface area contributed by atoms with Crippen LogP contribution in [0, 0.1) is 11.2 Å². The normalized spacial score (nSPS) is 19.4. The Balaban J connectivity index is 1.38. The van der Waals surface area contributed by atoms with Crippen LogP contribution in [0.2, 0.25) is 0 Å². The fraction of sp³-hybridized carbons (Fsp3) is 0.280. The maximum absolute atomic E-state index is 15.0. The number of halogens is 1. The number of fused-ring (bicyclic) bond motifs is 3. The molecular weight excluding hydrogens is 417 g/mol. The third kappa shape index (κ3) is 4.34. The van der Waals surface area contributed by atoms with Gasteiger partial charge in [0.05, 0.1) is 17.8 Å². The van der Waals surface area contributed by atoms with Gasteiger partial charge in [0.1, 0.15) is 11.7 Å². The van der Waals surface area contributed by atoms with Crippen molar-refractivity contribution in [1.82, 2.24) is 20.2 Å². The maximum atomic E-state index is 15.0. The van der Waals surface area contributed by atoms with E-state index in [0.717, 1.165) is 22.4 Å². The quantitative estimate of drug-likeness (QED) is 0.421. The SMILES string of the molecule is CC1CN(C(=N)c2ccc(Nc3ncc4c(n3)-c3ccccc3C=NC4)cc2F)CC(C)N1. The highest BCUT2D eigenvalue weighted by atomic mass is 19.1. The van der Waals surface area contributed by atoms with Crippen molar-refractivity contribution in [3.8, 4) is 11.3 Å². The fourth-order valence-corrected chi connectivity index (χ4v) is 4.48. The average Bonchev–Trinajstić information content (AvgIpc) is 2.97. The summed E-state index contributed by atoms with van der Waals surface area (Å²) in [5.74, 6) is 0.145. The van der Waals surface area contributed by atoms with Gasteiger partial charge >= 0.3 is 0 Å². The lowest BCUT2D eigenvalue weighted by molar-refractivity contribution is 0.254. The van der Waals surface area contributed by atoms with Crippen molar-refractivity contribution in [3.63, 3.8) is 0 Å². The molecule has 2 aliphatic heterocycles. The fourth-order valence-electron chi connectivity index (χ4n) is 4.48. The summed E-state index contributed by atoms with van der Waals surface area (Å²) in [7, 11) is 0. The smallest absolute Gasteiger partial charge is 0.227 e. The predicted octanol–water partition coefficient (Wildman–Crippen LogP) is 3.97. The third-order valence-corrected chi connectivity index (χ3v) is 5.93. The molecule has 168 valence electrons. The van der Waals surface area contributed by atoms with E-state index in [1.807, 2.05) is 35.4 Å². The van der Waals surface area contributed by atoms with Crippen LogP contribution < -0.4 is 10.6 Å². The highest BCUT2D eigenvalue weighted by molar-refractivity contribution is 5.97. The number of aromatic nitrogens is 2. The Hall–Kier alpha value is -3.65. The lowest BCUT2D eigenvalue weighted by Crippen LogP contribution is -2.55. The van der Waals surface area contributed by atoms with Crippen LogP contribution in [0.15, 0.2) is 53.7 Å². The second kappa shape index (κ2) is 8.71. The second-order valence-corrected chi connectivity index (χ2v) is 8.67. The van der Waals surface area contributed by atoms with E-state index in [4.69, 9.17) is 10.4 Å². The minimum atomic E-state index is -0.447. The minimum absolute atomic E-state index is 0.206. The van der Waals surface area contributed by atoms with E-state index in [9.17, 15) is 4.39 Å². The molecule has 2 unspecified atom stereocenters. The van der Waals surface area contributed by atoms with Crippen LogP contribution in [0.1, 0.15) is 30.5 Å². The maximum Gasteiger partial charge on any atom is 0.227 e. The Morgan fingerprint density at radius 3 is 2.73 bits per heavy atom. The van der Waals surface area contributed by atoms with E-state index in [1.54, 1.807) is 18.3 Å². The number of rotatable bonds is 3. The van der Waals surface area contributed by atoms with Gasteiger partial charge in [-0.05, 0) is 32.0 Å². The summed E-state index contributed by atoms with van der Waals surface area (Å²) in [6.07, 6.45) is 3.62. The highest BCUT2D eigenvalue weighted by Gasteiger charge is 2.25. The van der Waals surface area contributed by atoms with Gasteiger partial charge in [0.15, 0.2) is 0 Å². The zero-order valence-electron chi connectivity index (χ0n) is 18.6. The molecule has 0 bridgehead atoms. The number of nitrogens with zero attached hydrogens (tertiary/aromatic N) is 4. The first-order chi connectivity index (χ1) is 16.0. The summed E-state index contributed by atoms with van der Waals surface area (Å²) >= 11 is 0. The van der Waals surface area contributed by atoms with E-state index in [0.29, 0.717) is 31.3 Å². The number of amidine groups is 1. The molecule has 5 rings (SSSR count). The van der Waals surface area contributed by atoms with Crippen LogP contribution in [-0.2, 0) is 6.54 Å². The molecule has 7 nitrogen and oxygen atoms in total. The minimum Gasteiger partial charge on any atom is -0.353 e. The number of aliphatic imine (C=N–C) groups is 1. The van der Waals surface area contributed by atoms with Crippen molar-refractivity contribution in [2.45, 2.75) is 32.5 Å². The first kappa shape index (κ1) is 21.2. The second-order valence-electron chi connectivity index (χ2n) is 8.67. The van der Waals surface area contributed by atoms with Crippen LogP contribution in [0.4, 0.5) is 16.0 Å². The number of nitrogens with one attached hydrogen (secondary N) is 3. The molecule has 0 spiro atoms. The first-order valence-electron chi connectivity index (χ1n) is 11.1. The molecule has 3 N–H and O–H groups in total. The Kier molecular flexibility index (Phi) is 5.60. The molecule has 0 aliphatic carbocycles. The molecule has 1 saturated heterocycles. The largest absolute Gasteiger partial charge is 0.353 e. The van der Waals surface area contributed by atoms with E-state index in [2.05, 4.69) is 34.5 Å². The summed E-state index contributed by atoms with van der Waals surface area (Å²) in [6.45, 7) is 6.02. The van der Waals surface area contributed by atoms with Gasteiger partial charge in [-0.2, -0.15) is 0 Å². The van der Waals surface area contributed by atoms with Crippen molar-refractivity contribution in [3.05, 3.63) is 71.2 Å². The molecule has 3 aromatic rings. The average molecular weight is 444 g/mol. The van der Waals surface area contributed by atoms with Crippen molar-refractivity contribution in [2.75, 3.05) is 18.4 Å². The Labute approximate surface area is 192 Å². The molecule has 2 atom stereocenters. The molecular formula is C25H26FN7. The summed E-state index contributed by atoms with van der Waals surface area (Å²) in [6, 6.07) is 13.3. The number of piperazine rings is 1. The third-order valence-electron chi connectivity index (χ3n) is 5.93. The monoisotopic (exact) mass is 443 g/mol. The molecule has 33 heavy (non-hydrogen) atoms. The summed E-state index contributed by atoms with van der Waals surface area (Å²) in [4.78, 5) is 15.5. The molecule has 2 aliphatic rings. The van der Waals surface area contributed by atoms with Crippen LogP contribution in [0.5, 0.6) is 0 Å². The summed E-state index contributed by atoms with van der Waals surface area (Å²) in [5, 5.41) is 15.1. The predicted molar refractivity (Wildman–Crippen MR) is 129 cm³/mol. The van der Waals surface area contributed by atoms with Gasteiger partial charge in [-0.25, -0.2) is 14.4 Å². The highest BCUT2D eigenvalue weighted by Crippen LogP contribution is 2.29. The van der Waals surface area contributed by atoms with Crippen molar-refractivity contribution in [2.24, 2.45) is 4.99 Å². The molecule has 1 fully saturated rings. The molecule has 0 radical (unpaired) electrons. The van der Waals surface area contributed by atoms with Crippen molar-refractivity contribution >= 4 is 23.7 Å². The molecule has 0 amide bonds.